The molecule has 21 heavy (non-hydrogen) atoms. The van der Waals surface area contributed by atoms with E-state index >= 15 is 0 Å². The molecule has 0 aliphatic carbocycles. The summed E-state index contributed by atoms with van der Waals surface area (Å²) >= 11 is 0. The van der Waals surface area contributed by atoms with Gasteiger partial charge in [0.1, 0.15) is 0 Å². The van der Waals surface area contributed by atoms with Crippen LogP contribution in [-0.2, 0) is 16.4 Å². The van der Waals surface area contributed by atoms with Crippen LogP contribution < -0.4 is 0 Å². The third-order valence-electron chi connectivity index (χ3n) is 3.71. The molecule has 2 aromatic rings. The second-order valence-electron chi connectivity index (χ2n) is 5.36. The Morgan fingerprint density at radius 1 is 1.33 bits per heavy atom. The van der Waals surface area contributed by atoms with Crippen LogP contribution in [0.25, 0.3) is 11.3 Å². The molecule has 8 heteroatoms. The zero-order chi connectivity index (χ0) is 14.9. The van der Waals surface area contributed by atoms with E-state index in [9.17, 15) is 8.42 Å². The van der Waals surface area contributed by atoms with E-state index in [1.165, 1.54) is 10.6 Å². The van der Waals surface area contributed by atoms with Crippen LogP contribution in [0.1, 0.15) is 12.1 Å². The molecule has 1 unspecified atom stereocenters. The third-order valence-corrected chi connectivity index (χ3v) is 4.98. The first-order valence-corrected chi connectivity index (χ1v) is 8.62. The van der Waals surface area contributed by atoms with E-state index < -0.39 is 10.0 Å². The average molecular weight is 307 g/mol. The Hall–Kier alpha value is -1.80. The van der Waals surface area contributed by atoms with Crippen molar-refractivity contribution < 1.29 is 8.42 Å². The third kappa shape index (κ3) is 3.27. The first-order chi connectivity index (χ1) is 10.0. The van der Waals surface area contributed by atoms with Crippen molar-refractivity contribution in [3.63, 3.8) is 0 Å². The van der Waals surface area contributed by atoms with Gasteiger partial charge in [0.25, 0.3) is 0 Å². The van der Waals surface area contributed by atoms with Crippen molar-refractivity contribution in [3.05, 3.63) is 30.5 Å². The largest absolute Gasteiger partial charge is 0.285 e. The van der Waals surface area contributed by atoms with E-state index in [0.29, 0.717) is 19.0 Å². The molecule has 3 rings (SSSR count). The lowest BCUT2D eigenvalue weighted by atomic mass is 10.0. The van der Waals surface area contributed by atoms with E-state index in [1.54, 1.807) is 24.8 Å². The number of hydrogen-bond acceptors (Lipinski definition) is 5. The highest BCUT2D eigenvalue weighted by Crippen LogP contribution is 2.22. The zero-order valence-corrected chi connectivity index (χ0v) is 12.5. The molecule has 0 spiro atoms. The van der Waals surface area contributed by atoms with Gasteiger partial charge in [0, 0.05) is 31.0 Å². The molecule has 1 aliphatic rings. The molecule has 0 bridgehead atoms. The number of aromatic nitrogens is 4. The highest BCUT2D eigenvalue weighted by Gasteiger charge is 2.28. The number of nitrogens with one attached hydrogen (secondary N) is 1. The first kappa shape index (κ1) is 14.2. The molecule has 7 nitrogen and oxygen atoms in total. The molecular weight excluding hydrogens is 290 g/mol. The van der Waals surface area contributed by atoms with E-state index in [2.05, 4.69) is 20.2 Å². The quantitative estimate of drug-likeness (QED) is 0.897. The fourth-order valence-corrected chi connectivity index (χ4v) is 3.48. The van der Waals surface area contributed by atoms with Crippen LogP contribution >= 0.6 is 0 Å². The Labute approximate surface area is 123 Å². The minimum Gasteiger partial charge on any atom is -0.285 e. The van der Waals surface area contributed by atoms with E-state index in [-0.39, 0.29) is 0 Å². The molecule has 112 valence electrons. The SMILES string of the molecule is CS(=O)(=O)N1CCC(Cc2cnc(-c3cn[nH]c3)cn2)C1. The number of hydrogen-bond donors (Lipinski definition) is 1. The summed E-state index contributed by atoms with van der Waals surface area (Å²) < 4.78 is 24.5. The second-order valence-corrected chi connectivity index (χ2v) is 7.34. The fraction of sp³-hybridized carbons (Fsp3) is 0.462. The van der Waals surface area contributed by atoms with Crippen molar-refractivity contribution in [3.8, 4) is 11.3 Å². The summed E-state index contributed by atoms with van der Waals surface area (Å²) in [5.74, 6) is 0.314. The van der Waals surface area contributed by atoms with Crippen LogP contribution in [0.5, 0.6) is 0 Å². The number of sulfonamides is 1. The minimum absolute atomic E-state index is 0.314. The van der Waals surface area contributed by atoms with E-state index in [0.717, 1.165) is 29.8 Å². The van der Waals surface area contributed by atoms with Gasteiger partial charge >= 0.3 is 0 Å². The van der Waals surface area contributed by atoms with Gasteiger partial charge in [0.15, 0.2) is 0 Å². The van der Waals surface area contributed by atoms with Crippen molar-refractivity contribution >= 4 is 10.0 Å². The van der Waals surface area contributed by atoms with Crippen molar-refractivity contribution in [1.82, 2.24) is 24.5 Å². The number of rotatable bonds is 4. The molecule has 1 saturated heterocycles. The van der Waals surface area contributed by atoms with Gasteiger partial charge in [0.2, 0.25) is 10.0 Å². The Bertz CT molecular complexity index is 697. The van der Waals surface area contributed by atoms with Gasteiger partial charge in [-0.3, -0.25) is 15.1 Å². The Balaban J connectivity index is 1.64. The number of nitrogens with zero attached hydrogens (tertiary/aromatic N) is 4. The molecule has 1 fully saturated rings. The summed E-state index contributed by atoms with van der Waals surface area (Å²) in [4.78, 5) is 8.79. The normalized spacial score (nSPS) is 20.0. The lowest BCUT2D eigenvalue weighted by molar-refractivity contribution is 0.459. The molecule has 2 aromatic heterocycles. The van der Waals surface area contributed by atoms with Crippen molar-refractivity contribution in [2.45, 2.75) is 12.8 Å². The predicted octanol–water partition coefficient (Wildman–Crippen LogP) is 0.691. The van der Waals surface area contributed by atoms with Crippen molar-refractivity contribution in [2.75, 3.05) is 19.3 Å². The van der Waals surface area contributed by atoms with Gasteiger partial charge in [-0.1, -0.05) is 0 Å². The highest BCUT2D eigenvalue weighted by molar-refractivity contribution is 7.88. The summed E-state index contributed by atoms with van der Waals surface area (Å²) in [6.45, 7) is 1.17. The van der Waals surface area contributed by atoms with Crippen LogP contribution in [0.15, 0.2) is 24.8 Å². The van der Waals surface area contributed by atoms with Crippen molar-refractivity contribution in [1.29, 1.82) is 0 Å². The molecule has 0 radical (unpaired) electrons. The predicted molar refractivity (Wildman–Crippen MR) is 77.8 cm³/mol. The Morgan fingerprint density at radius 3 is 2.76 bits per heavy atom. The molecule has 3 heterocycles. The number of aromatic amines is 1. The Kier molecular flexibility index (Phi) is 3.73. The van der Waals surface area contributed by atoms with Crippen LogP contribution in [0, 0.1) is 5.92 Å². The maximum Gasteiger partial charge on any atom is 0.211 e. The van der Waals surface area contributed by atoms with Crippen LogP contribution in [0.2, 0.25) is 0 Å². The van der Waals surface area contributed by atoms with Gasteiger partial charge < -0.3 is 0 Å². The topological polar surface area (TPSA) is 91.8 Å². The van der Waals surface area contributed by atoms with E-state index in [4.69, 9.17) is 0 Å². The average Bonchev–Trinajstić information content (AvgIpc) is 3.09. The Morgan fingerprint density at radius 2 is 2.19 bits per heavy atom. The molecule has 1 N–H and O–H groups in total. The van der Waals surface area contributed by atoms with Gasteiger partial charge in [-0.15, -0.1) is 0 Å². The highest BCUT2D eigenvalue weighted by atomic mass is 32.2. The van der Waals surface area contributed by atoms with Gasteiger partial charge in [-0.2, -0.15) is 5.10 Å². The monoisotopic (exact) mass is 307 g/mol. The number of H-pyrrole nitrogens is 1. The summed E-state index contributed by atoms with van der Waals surface area (Å²) in [6, 6.07) is 0. The van der Waals surface area contributed by atoms with E-state index in [1.807, 2.05) is 0 Å². The van der Waals surface area contributed by atoms with Crippen LogP contribution in [-0.4, -0.2) is 52.2 Å². The first-order valence-electron chi connectivity index (χ1n) is 6.77. The van der Waals surface area contributed by atoms with Gasteiger partial charge in [-0.05, 0) is 18.8 Å². The molecule has 0 amide bonds. The fourth-order valence-electron chi connectivity index (χ4n) is 2.56. The summed E-state index contributed by atoms with van der Waals surface area (Å²) in [5.41, 5.74) is 2.57. The molecule has 0 aromatic carbocycles. The molecular formula is C13H17N5O2S. The maximum atomic E-state index is 11.5. The standard InChI is InChI=1S/C13H17N5O2S/c1-21(19,20)18-3-2-10(9-18)4-12-7-15-13(8-14-12)11-5-16-17-6-11/h5-8,10H,2-4,9H2,1H3,(H,16,17). The minimum atomic E-state index is -3.08. The maximum absolute atomic E-state index is 11.5. The summed E-state index contributed by atoms with van der Waals surface area (Å²) in [6.07, 6.45) is 9.84. The summed E-state index contributed by atoms with van der Waals surface area (Å²) in [5, 5.41) is 6.62. The van der Waals surface area contributed by atoms with Crippen molar-refractivity contribution in [2.24, 2.45) is 5.92 Å². The zero-order valence-electron chi connectivity index (χ0n) is 11.7. The lowest BCUT2D eigenvalue weighted by Crippen LogP contribution is -2.27. The molecule has 0 saturated carbocycles. The lowest BCUT2D eigenvalue weighted by Gasteiger charge is -2.13. The second kappa shape index (κ2) is 5.53. The van der Waals surface area contributed by atoms with Gasteiger partial charge in [-0.25, -0.2) is 12.7 Å². The van der Waals surface area contributed by atoms with Crippen LogP contribution in [0.4, 0.5) is 0 Å². The molecule has 1 aliphatic heterocycles. The smallest absolute Gasteiger partial charge is 0.211 e. The van der Waals surface area contributed by atoms with Crippen LogP contribution in [0.3, 0.4) is 0 Å². The van der Waals surface area contributed by atoms with Gasteiger partial charge in [0.05, 0.1) is 30.0 Å². The molecule has 1 atom stereocenters. The summed E-state index contributed by atoms with van der Waals surface area (Å²) in [7, 11) is -3.08.